The Balaban J connectivity index is 2.36. The first-order valence-corrected chi connectivity index (χ1v) is 3.44. The van der Waals surface area contributed by atoms with Crippen LogP contribution in [0.15, 0.2) is 0 Å². The highest BCUT2D eigenvalue weighted by molar-refractivity contribution is 4.84. The van der Waals surface area contributed by atoms with Gasteiger partial charge in [0.1, 0.15) is 0 Å². The average molecular weight is 147 g/mol. The van der Waals surface area contributed by atoms with E-state index in [2.05, 4.69) is 5.32 Å². The maximum absolute atomic E-state index is 9.16. The van der Waals surface area contributed by atoms with Crippen molar-refractivity contribution in [2.45, 2.75) is 24.7 Å². The summed E-state index contributed by atoms with van der Waals surface area (Å²) in [6.07, 6.45) is -0.732. The Bertz CT molecular complexity index is 109. The second kappa shape index (κ2) is 3.30. The Labute approximate surface area is 59.5 Å². The summed E-state index contributed by atoms with van der Waals surface area (Å²) in [6, 6.07) is -0.261. The molecule has 0 aromatic heterocycles. The van der Waals surface area contributed by atoms with Gasteiger partial charge in [0.25, 0.3) is 0 Å². The second-order valence-electron chi connectivity index (χ2n) is 2.65. The fourth-order valence-electron chi connectivity index (χ4n) is 1.14. The van der Waals surface area contributed by atoms with Gasteiger partial charge in [-0.15, -0.1) is 0 Å². The van der Waals surface area contributed by atoms with Gasteiger partial charge in [-0.2, -0.15) is 0 Å². The molecular weight excluding hydrogens is 134 g/mol. The first-order chi connectivity index (χ1) is 4.74. The largest absolute Gasteiger partial charge is 0.395 e. The Hall–Kier alpha value is -0.160. The van der Waals surface area contributed by atoms with Crippen LogP contribution in [0.25, 0.3) is 0 Å². The maximum atomic E-state index is 9.16. The molecule has 0 spiro atoms. The molecule has 60 valence electrons. The minimum atomic E-state index is -0.617. The van der Waals surface area contributed by atoms with Gasteiger partial charge in [-0.1, -0.05) is 0 Å². The fraction of sp³-hybridized carbons (Fsp3) is 1.00. The summed E-state index contributed by atoms with van der Waals surface area (Å²) in [5.41, 5.74) is 0. The number of hydrogen-bond donors (Lipinski definition) is 4. The zero-order valence-corrected chi connectivity index (χ0v) is 5.70. The van der Waals surface area contributed by atoms with Gasteiger partial charge < -0.3 is 20.6 Å². The van der Waals surface area contributed by atoms with E-state index in [-0.39, 0.29) is 12.6 Å². The van der Waals surface area contributed by atoms with E-state index in [1.807, 2.05) is 0 Å². The third kappa shape index (κ3) is 1.67. The smallest absolute Gasteiger partial charge is 0.0740 e. The lowest BCUT2D eigenvalue weighted by Crippen LogP contribution is -2.52. The summed E-state index contributed by atoms with van der Waals surface area (Å²) in [5.74, 6) is 0. The zero-order valence-electron chi connectivity index (χ0n) is 5.70. The molecule has 4 nitrogen and oxygen atoms in total. The lowest BCUT2D eigenvalue weighted by atomic mass is 10.0. The Morgan fingerprint density at radius 3 is 2.60 bits per heavy atom. The highest BCUT2D eigenvalue weighted by Crippen LogP contribution is 2.07. The monoisotopic (exact) mass is 147 g/mol. The van der Waals surface area contributed by atoms with E-state index in [0.717, 1.165) is 0 Å². The van der Waals surface area contributed by atoms with Crippen molar-refractivity contribution in [2.75, 3.05) is 13.2 Å². The summed E-state index contributed by atoms with van der Waals surface area (Å²) in [6.45, 7) is 0.385. The molecule has 4 N–H and O–H groups in total. The van der Waals surface area contributed by atoms with Crippen LogP contribution in [0.3, 0.4) is 0 Å². The number of piperidine rings is 1. The molecule has 1 saturated heterocycles. The number of aliphatic hydroxyl groups is 3. The molecule has 1 rings (SSSR count). The molecule has 0 radical (unpaired) electrons. The van der Waals surface area contributed by atoms with Crippen molar-refractivity contribution in [1.29, 1.82) is 0 Å². The zero-order chi connectivity index (χ0) is 7.56. The highest BCUT2D eigenvalue weighted by atomic mass is 16.3. The summed E-state index contributed by atoms with van der Waals surface area (Å²) < 4.78 is 0. The van der Waals surface area contributed by atoms with Crippen LogP contribution >= 0.6 is 0 Å². The van der Waals surface area contributed by atoms with Crippen LogP contribution in [0.5, 0.6) is 0 Å². The Morgan fingerprint density at radius 2 is 2.10 bits per heavy atom. The molecule has 1 aliphatic heterocycles. The normalized spacial score (nSPS) is 41.7. The van der Waals surface area contributed by atoms with Crippen molar-refractivity contribution in [3.63, 3.8) is 0 Å². The molecule has 3 atom stereocenters. The van der Waals surface area contributed by atoms with Crippen molar-refractivity contribution in [1.82, 2.24) is 5.32 Å². The summed E-state index contributed by atoms with van der Waals surface area (Å²) in [5, 5.41) is 29.6. The second-order valence-corrected chi connectivity index (χ2v) is 2.65. The maximum Gasteiger partial charge on any atom is 0.0740 e. The lowest BCUT2D eigenvalue weighted by Gasteiger charge is -2.30. The van der Waals surface area contributed by atoms with Crippen LogP contribution in [0, 0.1) is 0 Å². The summed E-state index contributed by atoms with van der Waals surface area (Å²) in [7, 11) is 0. The first kappa shape index (κ1) is 7.94. The van der Waals surface area contributed by atoms with Crippen LogP contribution in [-0.4, -0.2) is 46.7 Å². The van der Waals surface area contributed by atoms with E-state index < -0.39 is 12.2 Å². The van der Waals surface area contributed by atoms with E-state index in [9.17, 15) is 0 Å². The SMILES string of the molecule is OC[C@@H]1NC[C@@H](O)C[C@@H]1O. The molecule has 0 unspecified atom stereocenters. The average Bonchev–Trinajstić information content (AvgIpc) is 1.88. The standard InChI is InChI=1S/C6H13NO3/c8-3-5-6(10)1-4(9)2-7-5/h4-10H,1-3H2/t4-,5-,6-/m0/s1. The van der Waals surface area contributed by atoms with Crippen molar-refractivity contribution in [2.24, 2.45) is 0 Å². The minimum Gasteiger partial charge on any atom is -0.395 e. The molecule has 0 bridgehead atoms. The van der Waals surface area contributed by atoms with E-state index in [1.165, 1.54) is 0 Å². The quantitative estimate of drug-likeness (QED) is 0.348. The molecule has 0 amide bonds. The highest BCUT2D eigenvalue weighted by Gasteiger charge is 2.26. The molecule has 0 aromatic rings. The molecule has 1 aliphatic rings. The van der Waals surface area contributed by atoms with Gasteiger partial charge in [-0.25, -0.2) is 0 Å². The van der Waals surface area contributed by atoms with Crippen molar-refractivity contribution in [3.8, 4) is 0 Å². The molecular formula is C6H13NO3. The molecule has 1 fully saturated rings. The number of hydrogen-bond acceptors (Lipinski definition) is 4. The number of rotatable bonds is 1. The third-order valence-electron chi connectivity index (χ3n) is 1.79. The van der Waals surface area contributed by atoms with Crippen LogP contribution < -0.4 is 5.32 Å². The van der Waals surface area contributed by atoms with E-state index >= 15 is 0 Å². The first-order valence-electron chi connectivity index (χ1n) is 3.44. The molecule has 0 aromatic carbocycles. The summed E-state index contributed by atoms with van der Waals surface area (Å²) >= 11 is 0. The number of nitrogens with one attached hydrogen (secondary N) is 1. The van der Waals surface area contributed by atoms with E-state index in [1.54, 1.807) is 0 Å². The topological polar surface area (TPSA) is 72.7 Å². The van der Waals surface area contributed by atoms with Gasteiger partial charge in [0, 0.05) is 13.0 Å². The minimum absolute atomic E-state index is 0.0755. The predicted molar refractivity (Wildman–Crippen MR) is 35.5 cm³/mol. The van der Waals surface area contributed by atoms with Crippen LogP contribution in [-0.2, 0) is 0 Å². The van der Waals surface area contributed by atoms with Gasteiger partial charge in [0.2, 0.25) is 0 Å². The molecule has 0 aliphatic carbocycles. The van der Waals surface area contributed by atoms with Gasteiger partial charge in [-0.05, 0) is 0 Å². The number of aliphatic hydroxyl groups excluding tert-OH is 3. The van der Waals surface area contributed by atoms with E-state index in [4.69, 9.17) is 15.3 Å². The Kier molecular flexibility index (Phi) is 2.62. The van der Waals surface area contributed by atoms with Gasteiger partial charge in [-0.3, -0.25) is 0 Å². The van der Waals surface area contributed by atoms with Crippen LogP contribution in [0.2, 0.25) is 0 Å². The van der Waals surface area contributed by atoms with Gasteiger partial charge >= 0.3 is 0 Å². The molecule has 4 heteroatoms. The number of β-amino-alcohol motifs (C(OH)–C–C–N with tert-alkyl or cyclic N) is 1. The van der Waals surface area contributed by atoms with E-state index in [0.29, 0.717) is 13.0 Å². The van der Waals surface area contributed by atoms with Crippen LogP contribution in [0.4, 0.5) is 0 Å². The van der Waals surface area contributed by atoms with Crippen molar-refractivity contribution >= 4 is 0 Å². The summed E-state index contributed by atoms with van der Waals surface area (Å²) in [4.78, 5) is 0. The fourth-order valence-corrected chi connectivity index (χ4v) is 1.14. The van der Waals surface area contributed by atoms with Gasteiger partial charge in [0.05, 0.1) is 24.9 Å². The molecule has 1 heterocycles. The van der Waals surface area contributed by atoms with Crippen LogP contribution in [0.1, 0.15) is 6.42 Å². The third-order valence-corrected chi connectivity index (χ3v) is 1.79. The molecule has 10 heavy (non-hydrogen) atoms. The van der Waals surface area contributed by atoms with Gasteiger partial charge in [0.15, 0.2) is 0 Å². The van der Waals surface area contributed by atoms with Crippen molar-refractivity contribution < 1.29 is 15.3 Å². The Morgan fingerprint density at radius 1 is 1.40 bits per heavy atom. The van der Waals surface area contributed by atoms with Crippen molar-refractivity contribution in [3.05, 3.63) is 0 Å². The predicted octanol–water partition coefficient (Wildman–Crippen LogP) is -1.94. The molecule has 0 saturated carbocycles. The lowest BCUT2D eigenvalue weighted by molar-refractivity contribution is 0.00654.